The lowest BCUT2D eigenvalue weighted by atomic mass is 10.0. The van der Waals surface area contributed by atoms with Crippen molar-refractivity contribution in [2.45, 2.75) is 77.3 Å². The summed E-state index contributed by atoms with van der Waals surface area (Å²) in [4.78, 5) is 13.7. The molecule has 0 aromatic rings. The van der Waals surface area contributed by atoms with Gasteiger partial charge in [-0.05, 0) is 32.2 Å². The molecule has 1 rings (SSSR count). The Balaban J connectivity index is 2.69. The molecular formula is C14H27NO2. The lowest BCUT2D eigenvalue weighted by Gasteiger charge is -2.34. The molecule has 0 spiro atoms. The molecule has 1 heterocycles. The molecule has 0 radical (unpaired) electrons. The lowest BCUT2D eigenvalue weighted by molar-refractivity contribution is -0.144. The van der Waals surface area contributed by atoms with Gasteiger partial charge in [0.2, 0.25) is 0 Å². The minimum Gasteiger partial charge on any atom is -0.480 e. The van der Waals surface area contributed by atoms with E-state index in [1.54, 1.807) is 0 Å². The highest BCUT2D eigenvalue weighted by molar-refractivity contribution is 5.73. The molecule has 2 atom stereocenters. The summed E-state index contributed by atoms with van der Waals surface area (Å²) in [7, 11) is 0. The van der Waals surface area contributed by atoms with E-state index in [9.17, 15) is 9.90 Å². The summed E-state index contributed by atoms with van der Waals surface area (Å²) in [6, 6.07) is 0.230. The average molecular weight is 241 g/mol. The number of carbonyl (C=O) groups is 1. The highest BCUT2D eigenvalue weighted by Gasteiger charge is 2.30. The molecular weight excluding hydrogens is 214 g/mol. The van der Waals surface area contributed by atoms with Gasteiger partial charge in [0.25, 0.3) is 0 Å². The smallest absolute Gasteiger partial charge is 0.320 e. The summed E-state index contributed by atoms with van der Waals surface area (Å²) >= 11 is 0. The highest BCUT2D eigenvalue weighted by atomic mass is 16.4. The molecule has 17 heavy (non-hydrogen) atoms. The van der Waals surface area contributed by atoms with Crippen LogP contribution in [0.5, 0.6) is 0 Å². The van der Waals surface area contributed by atoms with Crippen LogP contribution in [-0.4, -0.2) is 34.6 Å². The second kappa shape index (κ2) is 7.70. The molecule has 1 aliphatic heterocycles. The molecule has 1 N–H and O–H groups in total. The quantitative estimate of drug-likeness (QED) is 0.775. The second-order valence-corrected chi connectivity index (χ2v) is 5.15. The van der Waals surface area contributed by atoms with Crippen LogP contribution in [0.3, 0.4) is 0 Å². The molecule has 1 aliphatic rings. The Hall–Kier alpha value is -0.570. The number of aliphatic carboxylic acids is 1. The summed E-state index contributed by atoms with van der Waals surface area (Å²) in [6.45, 7) is 5.28. The molecule has 1 fully saturated rings. The molecule has 100 valence electrons. The van der Waals surface area contributed by atoms with Crippen molar-refractivity contribution in [2.75, 3.05) is 6.54 Å². The van der Waals surface area contributed by atoms with Crippen molar-refractivity contribution >= 4 is 5.97 Å². The van der Waals surface area contributed by atoms with E-state index < -0.39 is 5.97 Å². The first-order chi connectivity index (χ1) is 8.20. The minimum atomic E-state index is -0.626. The lowest BCUT2D eigenvalue weighted by Crippen LogP contribution is -2.47. The number of unbranched alkanes of at least 4 members (excludes halogenated alkanes) is 1. The van der Waals surface area contributed by atoms with Crippen molar-refractivity contribution in [1.82, 2.24) is 4.90 Å². The van der Waals surface area contributed by atoms with Gasteiger partial charge in [-0.15, -0.1) is 0 Å². The molecule has 3 nitrogen and oxygen atoms in total. The van der Waals surface area contributed by atoms with E-state index in [2.05, 4.69) is 18.7 Å². The Morgan fingerprint density at radius 3 is 2.71 bits per heavy atom. The predicted octanol–water partition coefficient (Wildman–Crippen LogP) is 3.28. The first kappa shape index (κ1) is 14.5. The third-order valence-corrected chi connectivity index (χ3v) is 3.91. The van der Waals surface area contributed by atoms with Gasteiger partial charge in [-0.25, -0.2) is 0 Å². The zero-order chi connectivity index (χ0) is 12.7. The fraction of sp³-hybridized carbons (Fsp3) is 0.929. The minimum absolute atomic E-state index is 0.252. The van der Waals surface area contributed by atoms with Crippen molar-refractivity contribution in [3.8, 4) is 0 Å². The fourth-order valence-electron chi connectivity index (χ4n) is 2.88. The molecule has 0 aromatic carbocycles. The SMILES string of the molecule is CCCCC(C(=O)O)N1CCCCCC1CC. The average Bonchev–Trinajstić information content (AvgIpc) is 2.54. The van der Waals surface area contributed by atoms with Crippen LogP contribution in [0, 0.1) is 0 Å². The maximum absolute atomic E-state index is 11.4. The van der Waals surface area contributed by atoms with E-state index in [1.165, 1.54) is 19.3 Å². The number of nitrogens with zero attached hydrogens (tertiary/aromatic N) is 1. The Bertz CT molecular complexity index is 230. The topological polar surface area (TPSA) is 40.5 Å². The third kappa shape index (κ3) is 4.30. The maximum Gasteiger partial charge on any atom is 0.320 e. The number of likely N-dealkylation sites (tertiary alicyclic amines) is 1. The molecule has 2 unspecified atom stereocenters. The molecule has 1 saturated heterocycles. The molecule has 0 saturated carbocycles. The normalized spacial score (nSPS) is 24.2. The van der Waals surface area contributed by atoms with E-state index in [-0.39, 0.29) is 6.04 Å². The third-order valence-electron chi connectivity index (χ3n) is 3.91. The summed E-state index contributed by atoms with van der Waals surface area (Å²) in [5.41, 5.74) is 0. The van der Waals surface area contributed by atoms with Gasteiger partial charge >= 0.3 is 5.97 Å². The first-order valence-electron chi connectivity index (χ1n) is 7.19. The number of hydrogen-bond acceptors (Lipinski definition) is 2. The Labute approximate surface area is 105 Å². The number of hydrogen-bond donors (Lipinski definition) is 1. The standard InChI is InChI=1S/C14H27NO2/c1-3-5-10-13(14(16)17)15-11-8-6-7-9-12(15)4-2/h12-13H,3-11H2,1-2H3,(H,16,17). The van der Waals surface area contributed by atoms with E-state index in [4.69, 9.17) is 0 Å². The summed E-state index contributed by atoms with van der Waals surface area (Å²) < 4.78 is 0. The summed E-state index contributed by atoms with van der Waals surface area (Å²) in [6.07, 6.45) is 8.83. The Kier molecular flexibility index (Phi) is 6.56. The van der Waals surface area contributed by atoms with Gasteiger partial charge in [-0.1, -0.05) is 39.5 Å². The summed E-state index contributed by atoms with van der Waals surface area (Å²) in [5.74, 6) is -0.626. The Morgan fingerprint density at radius 1 is 1.35 bits per heavy atom. The summed E-state index contributed by atoms with van der Waals surface area (Å²) in [5, 5.41) is 9.42. The van der Waals surface area contributed by atoms with Crippen LogP contribution < -0.4 is 0 Å². The molecule has 0 amide bonds. The van der Waals surface area contributed by atoms with Crippen molar-refractivity contribution in [1.29, 1.82) is 0 Å². The van der Waals surface area contributed by atoms with Gasteiger partial charge in [-0.2, -0.15) is 0 Å². The van der Waals surface area contributed by atoms with Crippen LogP contribution in [-0.2, 0) is 4.79 Å². The van der Waals surface area contributed by atoms with Crippen LogP contribution in [0.1, 0.15) is 65.2 Å². The molecule has 0 bridgehead atoms. The largest absolute Gasteiger partial charge is 0.480 e. The van der Waals surface area contributed by atoms with Crippen molar-refractivity contribution in [3.05, 3.63) is 0 Å². The van der Waals surface area contributed by atoms with Crippen LogP contribution in [0.2, 0.25) is 0 Å². The highest BCUT2D eigenvalue weighted by Crippen LogP contribution is 2.23. The van der Waals surface area contributed by atoms with Crippen LogP contribution in [0.15, 0.2) is 0 Å². The van der Waals surface area contributed by atoms with Crippen LogP contribution in [0.4, 0.5) is 0 Å². The van der Waals surface area contributed by atoms with E-state index in [0.29, 0.717) is 6.04 Å². The van der Waals surface area contributed by atoms with Gasteiger partial charge in [-0.3, -0.25) is 9.69 Å². The van der Waals surface area contributed by atoms with Gasteiger partial charge < -0.3 is 5.11 Å². The molecule has 3 heteroatoms. The second-order valence-electron chi connectivity index (χ2n) is 5.15. The Morgan fingerprint density at radius 2 is 2.12 bits per heavy atom. The molecule has 0 aliphatic carbocycles. The maximum atomic E-state index is 11.4. The van der Waals surface area contributed by atoms with Gasteiger partial charge in [0, 0.05) is 6.04 Å². The first-order valence-corrected chi connectivity index (χ1v) is 7.19. The van der Waals surface area contributed by atoms with Crippen LogP contribution in [0.25, 0.3) is 0 Å². The van der Waals surface area contributed by atoms with E-state index in [1.807, 2.05) is 0 Å². The fourth-order valence-corrected chi connectivity index (χ4v) is 2.88. The van der Waals surface area contributed by atoms with Crippen molar-refractivity contribution < 1.29 is 9.90 Å². The zero-order valence-electron chi connectivity index (χ0n) is 11.3. The van der Waals surface area contributed by atoms with Gasteiger partial charge in [0.05, 0.1) is 0 Å². The number of carboxylic acids is 1. The van der Waals surface area contributed by atoms with E-state index >= 15 is 0 Å². The van der Waals surface area contributed by atoms with Gasteiger partial charge in [0.15, 0.2) is 0 Å². The zero-order valence-corrected chi connectivity index (χ0v) is 11.3. The van der Waals surface area contributed by atoms with Crippen LogP contribution >= 0.6 is 0 Å². The predicted molar refractivity (Wildman–Crippen MR) is 70.2 cm³/mol. The van der Waals surface area contributed by atoms with E-state index in [0.717, 1.165) is 38.6 Å². The number of carboxylic acid groups (broad SMARTS) is 1. The van der Waals surface area contributed by atoms with Crippen molar-refractivity contribution in [3.63, 3.8) is 0 Å². The number of rotatable bonds is 6. The van der Waals surface area contributed by atoms with Gasteiger partial charge in [0.1, 0.15) is 6.04 Å². The van der Waals surface area contributed by atoms with Crippen molar-refractivity contribution in [2.24, 2.45) is 0 Å². The monoisotopic (exact) mass is 241 g/mol. The molecule has 0 aromatic heterocycles.